The largest absolute Gasteiger partial charge is 0.733 e. The molecule has 0 heterocycles. The number of anilines is 1. The van der Waals surface area contributed by atoms with Crippen LogP contribution in [0.2, 0.25) is 0 Å². The summed E-state index contributed by atoms with van der Waals surface area (Å²) in [5.74, 6) is -0.539. The van der Waals surface area contributed by atoms with Gasteiger partial charge < -0.3 is 14.6 Å². The molecule has 0 aliphatic rings. The second kappa shape index (κ2) is 4.87. The lowest BCUT2D eigenvalue weighted by atomic mass is 10.1. The van der Waals surface area contributed by atoms with Crippen molar-refractivity contribution >= 4 is 15.8 Å². The molecular formula is C9H9F3NO5S-. The van der Waals surface area contributed by atoms with Gasteiger partial charge in [0.2, 0.25) is 0 Å². The molecule has 1 aromatic rings. The fourth-order valence-corrected chi connectivity index (χ4v) is 1.90. The van der Waals surface area contributed by atoms with Crippen LogP contribution in [0.4, 0.5) is 18.9 Å². The van der Waals surface area contributed by atoms with Gasteiger partial charge in [-0.25, -0.2) is 0 Å². The first kappa shape index (κ1) is 15.5. The number of hydrogen-bond acceptors (Lipinski definition) is 6. The molecule has 6 nitrogen and oxygen atoms in total. The molecule has 0 aromatic heterocycles. The molecule has 108 valence electrons. The topological polar surface area (TPSA) is 89.9 Å². The molecule has 0 unspecified atom stereocenters. The summed E-state index contributed by atoms with van der Waals surface area (Å²) in [5.41, 5.74) is -5.89. The molecule has 0 radical (unpaired) electrons. The molecule has 0 amide bonds. The highest BCUT2D eigenvalue weighted by Crippen LogP contribution is 2.33. The third-order valence-corrected chi connectivity index (χ3v) is 3.10. The van der Waals surface area contributed by atoms with Gasteiger partial charge in [0.1, 0.15) is 5.75 Å². The van der Waals surface area contributed by atoms with E-state index in [0.29, 0.717) is 0 Å². The van der Waals surface area contributed by atoms with Gasteiger partial charge >= 0.3 is 15.6 Å². The molecule has 10 heteroatoms. The highest BCUT2D eigenvalue weighted by molar-refractivity contribution is 7.88. The first-order valence-corrected chi connectivity index (χ1v) is 6.14. The Labute approximate surface area is 106 Å². The maximum Gasteiger partial charge on any atom is 0.534 e. The Morgan fingerprint density at radius 2 is 1.68 bits per heavy atom. The molecule has 19 heavy (non-hydrogen) atoms. The van der Waals surface area contributed by atoms with Crippen LogP contribution in [0.3, 0.4) is 0 Å². The molecule has 0 fully saturated rings. The van der Waals surface area contributed by atoms with Crippen molar-refractivity contribution in [2.24, 2.45) is 0 Å². The van der Waals surface area contributed by atoms with Gasteiger partial charge in [-0.3, -0.25) is 5.21 Å². The van der Waals surface area contributed by atoms with E-state index in [1.165, 1.54) is 13.8 Å². The first-order chi connectivity index (χ1) is 8.45. The maximum absolute atomic E-state index is 12.2. The van der Waals surface area contributed by atoms with Crippen LogP contribution < -0.4 is 9.41 Å². The first-order valence-electron chi connectivity index (χ1n) is 4.74. The highest BCUT2D eigenvalue weighted by atomic mass is 32.2. The molecule has 1 N–H and O–H groups in total. The average molecular weight is 300 g/mol. The van der Waals surface area contributed by atoms with Crippen molar-refractivity contribution in [3.8, 4) is 5.75 Å². The lowest BCUT2D eigenvalue weighted by molar-refractivity contribution is -0.0500. The van der Waals surface area contributed by atoms with Gasteiger partial charge in [-0.05, 0) is 37.1 Å². The zero-order valence-corrected chi connectivity index (χ0v) is 10.5. The summed E-state index contributed by atoms with van der Waals surface area (Å²) in [6.45, 7) is 2.47. The van der Waals surface area contributed by atoms with Gasteiger partial charge in [-0.2, -0.15) is 21.6 Å². The van der Waals surface area contributed by atoms with Crippen molar-refractivity contribution in [1.29, 1.82) is 0 Å². The maximum atomic E-state index is 12.2. The van der Waals surface area contributed by atoms with Crippen molar-refractivity contribution in [3.63, 3.8) is 0 Å². The number of aryl methyl sites for hydroxylation is 2. The summed E-state index contributed by atoms with van der Waals surface area (Å²) in [4.78, 5) is 0. The highest BCUT2D eigenvalue weighted by Gasteiger charge is 2.48. The van der Waals surface area contributed by atoms with Crippen molar-refractivity contribution in [1.82, 2.24) is 0 Å². The second-order valence-corrected chi connectivity index (χ2v) is 5.20. The Morgan fingerprint density at radius 1 is 1.26 bits per heavy atom. The standard InChI is InChI=1S/C9H9F3NO5S/c1-5-3-7(13(14)15)4-6(2)8(5)18-19(16,17)9(10,11)12/h3-4,14H,1-2H3/q-1. The van der Waals surface area contributed by atoms with Crippen LogP contribution in [-0.2, 0) is 10.1 Å². The Hall–Kier alpha value is -1.52. The minimum atomic E-state index is -5.78. The summed E-state index contributed by atoms with van der Waals surface area (Å²) in [7, 11) is -5.78. The molecule has 0 saturated heterocycles. The van der Waals surface area contributed by atoms with Crippen LogP contribution in [0, 0.1) is 19.1 Å². The Bertz CT molecular complexity index is 559. The molecule has 0 spiro atoms. The van der Waals surface area contributed by atoms with Crippen LogP contribution in [-0.4, -0.2) is 19.1 Å². The number of hydrogen-bond donors (Lipinski definition) is 1. The minimum absolute atomic E-state index is 0.0438. The Morgan fingerprint density at radius 3 is 2.00 bits per heavy atom. The van der Waals surface area contributed by atoms with Crippen molar-refractivity contribution in [2.45, 2.75) is 19.4 Å². The number of alkyl halides is 3. The fourth-order valence-electron chi connectivity index (χ4n) is 1.33. The second-order valence-electron chi connectivity index (χ2n) is 3.66. The molecule has 0 saturated carbocycles. The van der Waals surface area contributed by atoms with Crippen LogP contribution >= 0.6 is 0 Å². The summed E-state index contributed by atoms with van der Waals surface area (Å²) < 4.78 is 62.3. The molecule has 0 bridgehead atoms. The molecule has 0 aliphatic heterocycles. The average Bonchev–Trinajstić information content (AvgIpc) is 2.21. The van der Waals surface area contributed by atoms with Crippen molar-refractivity contribution < 1.29 is 31.0 Å². The quantitative estimate of drug-likeness (QED) is 0.523. The van der Waals surface area contributed by atoms with Gasteiger partial charge in [-0.15, -0.1) is 0 Å². The third kappa shape index (κ3) is 3.28. The SMILES string of the molecule is Cc1cc(N([O-])O)cc(C)c1OS(=O)(=O)C(F)(F)F. The Balaban J connectivity index is 3.25. The monoisotopic (exact) mass is 300 g/mol. The van der Waals surface area contributed by atoms with Crippen molar-refractivity contribution in [3.05, 3.63) is 28.5 Å². The summed E-state index contributed by atoms with van der Waals surface area (Å²) in [5, 5.41) is 18.8. The molecule has 1 rings (SSSR count). The van der Waals surface area contributed by atoms with E-state index >= 15 is 0 Å². The van der Waals surface area contributed by atoms with E-state index in [2.05, 4.69) is 4.18 Å². The van der Waals surface area contributed by atoms with Crippen LogP contribution in [0.15, 0.2) is 12.1 Å². The number of halogens is 3. The van der Waals surface area contributed by atoms with E-state index < -0.39 is 26.6 Å². The minimum Gasteiger partial charge on any atom is -0.733 e. The molecular weight excluding hydrogens is 291 g/mol. The summed E-state index contributed by atoms with van der Waals surface area (Å²) >= 11 is 0. The molecule has 1 aromatic carbocycles. The fraction of sp³-hybridized carbons (Fsp3) is 0.333. The van der Waals surface area contributed by atoms with Gasteiger partial charge in [0.05, 0.1) is 5.69 Å². The normalized spacial score (nSPS) is 12.4. The van der Waals surface area contributed by atoms with Crippen molar-refractivity contribution in [2.75, 3.05) is 5.23 Å². The lowest BCUT2D eigenvalue weighted by Crippen LogP contribution is -2.28. The summed E-state index contributed by atoms with van der Waals surface area (Å²) in [6, 6.07) is 1.97. The van der Waals surface area contributed by atoms with E-state index in [-0.39, 0.29) is 16.8 Å². The van der Waals surface area contributed by atoms with E-state index in [4.69, 9.17) is 5.21 Å². The van der Waals surface area contributed by atoms with Crippen LogP contribution in [0.1, 0.15) is 11.1 Å². The smallest absolute Gasteiger partial charge is 0.534 e. The zero-order valence-electron chi connectivity index (χ0n) is 9.72. The third-order valence-electron chi connectivity index (χ3n) is 2.14. The number of nitrogens with zero attached hydrogens (tertiary/aromatic N) is 1. The van der Waals surface area contributed by atoms with Crippen LogP contribution in [0.5, 0.6) is 5.75 Å². The lowest BCUT2D eigenvalue weighted by Gasteiger charge is -2.23. The van der Waals surface area contributed by atoms with Gasteiger partial charge in [0.15, 0.2) is 0 Å². The van der Waals surface area contributed by atoms with Gasteiger partial charge in [0, 0.05) is 0 Å². The van der Waals surface area contributed by atoms with Crippen LogP contribution in [0.25, 0.3) is 0 Å². The zero-order chi connectivity index (χ0) is 15.0. The van der Waals surface area contributed by atoms with Gasteiger partial charge in [-0.1, -0.05) is 0 Å². The summed E-state index contributed by atoms with van der Waals surface area (Å²) in [6.07, 6.45) is 0. The van der Waals surface area contributed by atoms with E-state index in [0.717, 1.165) is 12.1 Å². The predicted molar refractivity (Wildman–Crippen MR) is 59.2 cm³/mol. The number of benzene rings is 1. The Kier molecular flexibility index (Phi) is 3.98. The molecule has 0 aliphatic carbocycles. The van der Waals surface area contributed by atoms with Gasteiger partial charge in [0.25, 0.3) is 0 Å². The predicted octanol–water partition coefficient (Wildman–Crippen LogP) is 2.23. The molecule has 0 atom stereocenters. The number of rotatable bonds is 3. The van der Waals surface area contributed by atoms with E-state index in [1.807, 2.05) is 0 Å². The van der Waals surface area contributed by atoms with E-state index in [9.17, 15) is 26.8 Å². The van der Waals surface area contributed by atoms with E-state index in [1.54, 1.807) is 0 Å².